The van der Waals surface area contributed by atoms with Crippen LogP contribution in [0.5, 0.6) is 0 Å². The van der Waals surface area contributed by atoms with Crippen LogP contribution >= 0.6 is 0 Å². The fourth-order valence-corrected chi connectivity index (χ4v) is 1.24. The minimum atomic E-state index is -1.40. The van der Waals surface area contributed by atoms with Crippen LogP contribution in [0.2, 0.25) is 0 Å². The van der Waals surface area contributed by atoms with Crippen molar-refractivity contribution >= 4 is 0 Å². The molecule has 0 saturated heterocycles. The molecule has 0 aromatic heterocycles. The average Bonchev–Trinajstić information content (AvgIpc) is 2.06. The van der Waals surface area contributed by atoms with Crippen molar-refractivity contribution in [2.24, 2.45) is 0 Å². The Balaban J connectivity index is 2.39. The van der Waals surface area contributed by atoms with E-state index >= 15 is 0 Å². The molecule has 2 atom stereocenters. The Morgan fingerprint density at radius 2 is 2.42 bits per heavy atom. The van der Waals surface area contributed by atoms with Crippen LogP contribution in [0.15, 0.2) is 12.2 Å². The molecule has 0 fully saturated rings. The van der Waals surface area contributed by atoms with Gasteiger partial charge in [-0.2, -0.15) is 0 Å². The van der Waals surface area contributed by atoms with E-state index in [9.17, 15) is 5.11 Å². The van der Waals surface area contributed by atoms with Gasteiger partial charge >= 0.3 is 0 Å². The third-order valence-corrected chi connectivity index (χ3v) is 1.91. The minimum Gasteiger partial charge on any atom is -0.391 e. The first-order chi connectivity index (χ1) is 5.64. The zero-order valence-electron chi connectivity index (χ0n) is 7.36. The highest BCUT2D eigenvalue weighted by atomic mass is 16.6. The molecule has 2 unspecified atom stereocenters. The maximum atomic E-state index is 9.37. The molecular weight excluding hydrogens is 156 g/mol. The number of aliphatic hydroxyl groups is 2. The van der Waals surface area contributed by atoms with Gasteiger partial charge in [-0.1, -0.05) is 12.2 Å². The lowest BCUT2D eigenvalue weighted by atomic mass is 10.1. The van der Waals surface area contributed by atoms with Crippen LogP contribution in [-0.4, -0.2) is 28.7 Å². The molecular formula is C9H16O3. The van der Waals surface area contributed by atoms with Gasteiger partial charge in [0.25, 0.3) is 0 Å². The summed E-state index contributed by atoms with van der Waals surface area (Å²) in [7, 11) is 0. The highest BCUT2D eigenvalue weighted by Crippen LogP contribution is 2.18. The predicted octanol–water partition coefficient (Wildman–Crippen LogP) is 0.812. The second-order valence-corrected chi connectivity index (χ2v) is 3.35. The molecule has 1 aliphatic carbocycles. The first-order valence-corrected chi connectivity index (χ1v) is 4.32. The maximum Gasteiger partial charge on any atom is 0.186 e. The quantitative estimate of drug-likeness (QED) is 0.489. The van der Waals surface area contributed by atoms with Gasteiger partial charge in [0.2, 0.25) is 0 Å². The fourth-order valence-electron chi connectivity index (χ4n) is 1.24. The van der Waals surface area contributed by atoms with Gasteiger partial charge in [0, 0.05) is 0 Å². The molecule has 3 heteroatoms. The van der Waals surface area contributed by atoms with Gasteiger partial charge in [-0.25, -0.2) is 0 Å². The van der Waals surface area contributed by atoms with E-state index in [1.807, 2.05) is 12.2 Å². The van der Waals surface area contributed by atoms with Crippen LogP contribution in [0.4, 0.5) is 0 Å². The highest BCUT2D eigenvalue weighted by molar-refractivity contribution is 4.94. The summed E-state index contributed by atoms with van der Waals surface area (Å²) < 4.78 is 5.25. The third-order valence-electron chi connectivity index (χ3n) is 1.91. The number of aliphatic hydroxyl groups excluding tert-OH is 1. The van der Waals surface area contributed by atoms with Gasteiger partial charge in [-0.15, -0.1) is 0 Å². The Kier molecular flexibility index (Phi) is 3.26. The molecule has 12 heavy (non-hydrogen) atoms. The van der Waals surface area contributed by atoms with Gasteiger partial charge in [0.05, 0.1) is 12.7 Å². The van der Waals surface area contributed by atoms with E-state index in [0.29, 0.717) is 0 Å². The van der Waals surface area contributed by atoms with Gasteiger partial charge in [-0.05, 0) is 26.2 Å². The summed E-state index contributed by atoms with van der Waals surface area (Å²) in [4.78, 5) is 0. The van der Waals surface area contributed by atoms with Gasteiger partial charge in [0.1, 0.15) is 0 Å². The molecule has 0 saturated carbocycles. The number of ether oxygens (including phenoxy) is 1. The molecule has 1 aliphatic rings. The molecule has 3 nitrogen and oxygen atoms in total. The number of allylic oxidation sites excluding steroid dienone is 1. The molecule has 0 radical (unpaired) electrons. The normalized spacial score (nSPS) is 28.4. The Labute approximate surface area is 72.7 Å². The van der Waals surface area contributed by atoms with E-state index in [1.165, 1.54) is 6.92 Å². The maximum absolute atomic E-state index is 9.37. The van der Waals surface area contributed by atoms with Crippen molar-refractivity contribution in [1.82, 2.24) is 0 Å². The largest absolute Gasteiger partial charge is 0.391 e. The molecule has 0 spiro atoms. The van der Waals surface area contributed by atoms with Crippen LogP contribution < -0.4 is 0 Å². The van der Waals surface area contributed by atoms with Crippen molar-refractivity contribution < 1.29 is 14.9 Å². The SMILES string of the molecule is CC(O)(CO)OC1C=CCCC1. The summed E-state index contributed by atoms with van der Waals surface area (Å²) in [5.74, 6) is -1.40. The summed E-state index contributed by atoms with van der Waals surface area (Å²) >= 11 is 0. The monoisotopic (exact) mass is 172 g/mol. The summed E-state index contributed by atoms with van der Waals surface area (Å²) in [6.07, 6.45) is 7.03. The van der Waals surface area contributed by atoms with Crippen LogP contribution in [-0.2, 0) is 4.74 Å². The van der Waals surface area contributed by atoms with Gasteiger partial charge < -0.3 is 14.9 Å². The molecule has 0 aliphatic heterocycles. The zero-order valence-corrected chi connectivity index (χ0v) is 7.36. The van der Waals surface area contributed by atoms with E-state index in [1.54, 1.807) is 0 Å². The molecule has 1 rings (SSSR count). The summed E-state index contributed by atoms with van der Waals surface area (Å²) in [6, 6.07) is 0. The van der Waals surface area contributed by atoms with Crippen LogP contribution in [0.1, 0.15) is 26.2 Å². The molecule has 0 amide bonds. The van der Waals surface area contributed by atoms with E-state index in [2.05, 4.69) is 0 Å². The van der Waals surface area contributed by atoms with Crippen molar-refractivity contribution in [3.8, 4) is 0 Å². The number of rotatable bonds is 3. The molecule has 70 valence electrons. The zero-order chi connectivity index (χ0) is 9.03. The van der Waals surface area contributed by atoms with Crippen LogP contribution in [0.25, 0.3) is 0 Å². The average molecular weight is 172 g/mol. The predicted molar refractivity (Wildman–Crippen MR) is 45.6 cm³/mol. The first kappa shape index (κ1) is 9.71. The Hall–Kier alpha value is -0.380. The van der Waals surface area contributed by atoms with E-state index in [0.717, 1.165) is 19.3 Å². The Bertz CT molecular complexity index is 163. The molecule has 0 aromatic rings. The van der Waals surface area contributed by atoms with Gasteiger partial charge in [0.15, 0.2) is 5.79 Å². The van der Waals surface area contributed by atoms with Crippen LogP contribution in [0.3, 0.4) is 0 Å². The lowest BCUT2D eigenvalue weighted by Gasteiger charge is -2.27. The molecule has 2 N–H and O–H groups in total. The Morgan fingerprint density at radius 3 is 2.92 bits per heavy atom. The van der Waals surface area contributed by atoms with Crippen molar-refractivity contribution in [2.45, 2.75) is 38.1 Å². The highest BCUT2D eigenvalue weighted by Gasteiger charge is 2.24. The lowest BCUT2D eigenvalue weighted by Crippen LogP contribution is -2.36. The smallest absolute Gasteiger partial charge is 0.186 e. The molecule has 0 bridgehead atoms. The molecule has 0 aromatic carbocycles. The summed E-state index contributed by atoms with van der Waals surface area (Å²) in [6.45, 7) is 1.10. The first-order valence-electron chi connectivity index (χ1n) is 4.32. The minimum absolute atomic E-state index is 0.0408. The van der Waals surface area contributed by atoms with E-state index in [-0.39, 0.29) is 12.7 Å². The van der Waals surface area contributed by atoms with Crippen LogP contribution in [0, 0.1) is 0 Å². The standard InChI is InChI=1S/C9H16O3/c1-9(11,7-10)12-8-5-3-2-4-6-8/h3,5,8,10-11H,2,4,6-7H2,1H3. The second kappa shape index (κ2) is 4.03. The summed E-state index contributed by atoms with van der Waals surface area (Å²) in [5, 5.41) is 18.1. The molecule has 0 heterocycles. The fraction of sp³-hybridized carbons (Fsp3) is 0.778. The number of hydrogen-bond acceptors (Lipinski definition) is 3. The third kappa shape index (κ3) is 2.93. The number of hydrogen-bond donors (Lipinski definition) is 2. The van der Waals surface area contributed by atoms with Crippen molar-refractivity contribution in [2.75, 3.05) is 6.61 Å². The van der Waals surface area contributed by atoms with E-state index < -0.39 is 5.79 Å². The van der Waals surface area contributed by atoms with Gasteiger partial charge in [-0.3, -0.25) is 0 Å². The summed E-state index contributed by atoms with van der Waals surface area (Å²) in [5.41, 5.74) is 0. The second-order valence-electron chi connectivity index (χ2n) is 3.35. The Morgan fingerprint density at radius 1 is 1.67 bits per heavy atom. The van der Waals surface area contributed by atoms with E-state index in [4.69, 9.17) is 9.84 Å². The lowest BCUT2D eigenvalue weighted by molar-refractivity contribution is -0.228. The topological polar surface area (TPSA) is 49.7 Å². The van der Waals surface area contributed by atoms with Crippen molar-refractivity contribution in [3.63, 3.8) is 0 Å². The van der Waals surface area contributed by atoms with Crippen molar-refractivity contribution in [1.29, 1.82) is 0 Å². The van der Waals surface area contributed by atoms with Crippen molar-refractivity contribution in [3.05, 3.63) is 12.2 Å².